The number of carbonyl (C=O) groups is 1. The van der Waals surface area contributed by atoms with Crippen LogP contribution in [0.25, 0.3) is 0 Å². The summed E-state index contributed by atoms with van der Waals surface area (Å²) >= 11 is 0. The van der Waals surface area contributed by atoms with Crippen LogP contribution < -0.4 is 5.32 Å². The van der Waals surface area contributed by atoms with Gasteiger partial charge in [-0.15, -0.1) is 0 Å². The molecule has 450 valence electrons. The van der Waals surface area contributed by atoms with Gasteiger partial charge in [-0.25, -0.2) is 0 Å². The molecule has 2 atom stereocenters. The van der Waals surface area contributed by atoms with E-state index in [2.05, 4.69) is 55.6 Å². The molecule has 1 amide bonds. The van der Waals surface area contributed by atoms with E-state index in [0.717, 1.165) is 38.5 Å². The number of hydrogen-bond acceptors (Lipinski definition) is 3. The summed E-state index contributed by atoms with van der Waals surface area (Å²) in [5.74, 6) is -0.0220. The number of nitrogens with one attached hydrogen (secondary N) is 1. The highest BCUT2D eigenvalue weighted by Gasteiger charge is 2.20. The van der Waals surface area contributed by atoms with Crippen LogP contribution in [0.15, 0.2) is 36.5 Å². The summed E-state index contributed by atoms with van der Waals surface area (Å²) in [6.45, 7) is 4.39. The first-order valence-corrected chi connectivity index (χ1v) is 35.2. The Morgan fingerprint density at radius 2 is 0.539 bits per heavy atom. The zero-order chi connectivity index (χ0) is 54.8. The predicted molar refractivity (Wildman–Crippen MR) is 341 cm³/mol. The molecule has 0 saturated heterocycles. The number of aliphatic hydroxyl groups excluding tert-OH is 2. The van der Waals surface area contributed by atoms with E-state index in [1.807, 2.05) is 0 Å². The van der Waals surface area contributed by atoms with Gasteiger partial charge in [0.05, 0.1) is 18.8 Å². The van der Waals surface area contributed by atoms with Crippen molar-refractivity contribution in [2.24, 2.45) is 0 Å². The molecular weight excluding hydrogens is 927 g/mol. The Balaban J connectivity index is 3.37. The van der Waals surface area contributed by atoms with Crippen molar-refractivity contribution in [2.75, 3.05) is 6.61 Å². The van der Waals surface area contributed by atoms with Crippen molar-refractivity contribution >= 4 is 5.91 Å². The maximum absolute atomic E-state index is 12.6. The van der Waals surface area contributed by atoms with Gasteiger partial charge in [-0.2, -0.15) is 0 Å². The molecule has 0 aliphatic heterocycles. The first kappa shape index (κ1) is 74.6. The van der Waals surface area contributed by atoms with Crippen molar-refractivity contribution in [3.8, 4) is 0 Å². The number of amides is 1. The van der Waals surface area contributed by atoms with Crippen LogP contribution in [0, 0.1) is 0 Å². The van der Waals surface area contributed by atoms with Gasteiger partial charge in [0.2, 0.25) is 5.91 Å². The van der Waals surface area contributed by atoms with Crippen molar-refractivity contribution in [2.45, 2.75) is 411 Å². The maximum Gasteiger partial charge on any atom is 0.220 e. The topological polar surface area (TPSA) is 69.6 Å². The van der Waals surface area contributed by atoms with E-state index < -0.39 is 12.1 Å². The molecule has 0 aromatic carbocycles. The lowest BCUT2D eigenvalue weighted by molar-refractivity contribution is -0.123. The lowest BCUT2D eigenvalue weighted by Crippen LogP contribution is -2.45. The normalized spacial score (nSPS) is 12.8. The Bertz CT molecular complexity index is 1160. The minimum absolute atomic E-state index is 0.0220. The van der Waals surface area contributed by atoms with E-state index in [9.17, 15) is 15.0 Å². The largest absolute Gasteiger partial charge is 0.394 e. The average molecular weight is 1070 g/mol. The molecule has 0 radical (unpaired) electrons. The first-order valence-electron chi connectivity index (χ1n) is 35.2. The molecule has 4 nitrogen and oxygen atoms in total. The Hall–Kier alpha value is -1.39. The van der Waals surface area contributed by atoms with Crippen molar-refractivity contribution in [1.29, 1.82) is 0 Å². The fourth-order valence-corrected chi connectivity index (χ4v) is 11.3. The van der Waals surface area contributed by atoms with Crippen LogP contribution in [-0.4, -0.2) is 34.9 Å². The molecule has 0 rings (SSSR count). The molecule has 2 unspecified atom stereocenters. The number of hydrogen-bond donors (Lipinski definition) is 3. The van der Waals surface area contributed by atoms with E-state index in [-0.39, 0.29) is 12.5 Å². The third-order valence-electron chi connectivity index (χ3n) is 16.7. The van der Waals surface area contributed by atoms with Crippen molar-refractivity contribution in [1.82, 2.24) is 5.32 Å². The van der Waals surface area contributed by atoms with Crippen LogP contribution in [0.2, 0.25) is 0 Å². The molecule has 0 fully saturated rings. The predicted octanol–water partition coefficient (Wildman–Crippen LogP) is 23.9. The standard InChI is InChI=1S/C72H139NO3/c1-3-5-7-9-11-13-15-17-19-21-23-25-27-28-29-30-31-32-33-34-35-36-37-38-39-40-41-42-43-44-46-48-50-52-54-56-58-60-62-64-66-68-72(76)73-70(69-74)71(75)67-65-63-61-59-57-55-53-51-49-47-45-26-24-22-20-18-16-14-12-10-8-6-4-2/h15,17,21,23,27-28,70-71,74-75H,3-14,16,18-20,22,24-26,29-69H2,1-2H3,(H,73,76)/b17-15-,23-21-,28-27-. The van der Waals surface area contributed by atoms with Crippen LogP contribution in [0.3, 0.4) is 0 Å². The minimum Gasteiger partial charge on any atom is -0.394 e. The molecule has 4 heteroatoms. The SMILES string of the molecule is CCCCCCC/C=C\C/C=C\C/C=C\CCCCCCCCCCCCCCCCCCCCCCCCCCCCC(=O)NC(CO)C(O)CCCCCCCCCCCCCCCCCCCCCCCCC. The third kappa shape index (κ3) is 63.4. The second kappa shape index (κ2) is 67.9. The molecule has 0 heterocycles. The number of carbonyl (C=O) groups excluding carboxylic acids is 1. The van der Waals surface area contributed by atoms with Gasteiger partial charge in [0.25, 0.3) is 0 Å². The molecular formula is C72H139NO3. The number of allylic oxidation sites excluding steroid dienone is 6. The van der Waals surface area contributed by atoms with Crippen LogP contribution in [0.4, 0.5) is 0 Å². The molecule has 0 saturated carbocycles. The van der Waals surface area contributed by atoms with Crippen LogP contribution in [-0.2, 0) is 4.79 Å². The zero-order valence-electron chi connectivity index (χ0n) is 52.1. The van der Waals surface area contributed by atoms with Crippen molar-refractivity contribution in [3.05, 3.63) is 36.5 Å². The van der Waals surface area contributed by atoms with Crippen LogP contribution >= 0.6 is 0 Å². The summed E-state index contributed by atoms with van der Waals surface area (Å²) < 4.78 is 0. The maximum atomic E-state index is 12.6. The molecule has 0 aromatic heterocycles. The molecule has 76 heavy (non-hydrogen) atoms. The number of unbranched alkanes of at least 4 members (excludes halogenated alkanes) is 53. The van der Waals surface area contributed by atoms with Gasteiger partial charge in [-0.05, 0) is 51.4 Å². The van der Waals surface area contributed by atoms with Crippen LogP contribution in [0.1, 0.15) is 399 Å². The molecule has 0 spiro atoms. The molecule has 0 aliphatic carbocycles. The summed E-state index contributed by atoms with van der Waals surface area (Å²) in [6.07, 6.45) is 93.5. The van der Waals surface area contributed by atoms with E-state index in [4.69, 9.17) is 0 Å². The van der Waals surface area contributed by atoms with Gasteiger partial charge < -0.3 is 15.5 Å². The summed E-state index contributed by atoms with van der Waals surface area (Å²) in [6, 6.07) is -0.535. The van der Waals surface area contributed by atoms with Crippen molar-refractivity contribution in [3.63, 3.8) is 0 Å². The van der Waals surface area contributed by atoms with Crippen LogP contribution in [0.5, 0.6) is 0 Å². The van der Waals surface area contributed by atoms with Gasteiger partial charge in [-0.1, -0.05) is 378 Å². The minimum atomic E-state index is -0.658. The van der Waals surface area contributed by atoms with E-state index in [1.165, 1.54) is 334 Å². The second-order valence-electron chi connectivity index (χ2n) is 24.3. The van der Waals surface area contributed by atoms with E-state index in [1.54, 1.807) is 0 Å². The molecule has 0 aliphatic rings. The van der Waals surface area contributed by atoms with E-state index in [0.29, 0.717) is 12.8 Å². The first-order chi connectivity index (χ1) is 37.7. The summed E-state index contributed by atoms with van der Waals surface area (Å²) in [5, 5.41) is 23.4. The number of aliphatic hydroxyl groups is 2. The summed E-state index contributed by atoms with van der Waals surface area (Å²) in [7, 11) is 0. The Morgan fingerprint density at radius 1 is 0.316 bits per heavy atom. The van der Waals surface area contributed by atoms with Crippen molar-refractivity contribution < 1.29 is 15.0 Å². The Morgan fingerprint density at radius 3 is 0.803 bits per heavy atom. The fourth-order valence-electron chi connectivity index (χ4n) is 11.3. The highest BCUT2D eigenvalue weighted by Crippen LogP contribution is 2.19. The van der Waals surface area contributed by atoms with Gasteiger partial charge in [-0.3, -0.25) is 4.79 Å². The van der Waals surface area contributed by atoms with E-state index >= 15 is 0 Å². The molecule has 3 N–H and O–H groups in total. The van der Waals surface area contributed by atoms with Gasteiger partial charge in [0, 0.05) is 6.42 Å². The highest BCUT2D eigenvalue weighted by molar-refractivity contribution is 5.76. The Kier molecular flexibility index (Phi) is 66.6. The third-order valence-corrected chi connectivity index (χ3v) is 16.7. The molecule has 0 aromatic rings. The lowest BCUT2D eigenvalue weighted by Gasteiger charge is -2.22. The van der Waals surface area contributed by atoms with Gasteiger partial charge in [0.1, 0.15) is 0 Å². The smallest absolute Gasteiger partial charge is 0.220 e. The number of rotatable bonds is 66. The zero-order valence-corrected chi connectivity index (χ0v) is 52.1. The molecule has 0 bridgehead atoms. The van der Waals surface area contributed by atoms with Gasteiger partial charge >= 0.3 is 0 Å². The average Bonchev–Trinajstić information content (AvgIpc) is 3.42. The quantitative estimate of drug-likeness (QED) is 0.0420. The van der Waals surface area contributed by atoms with Gasteiger partial charge in [0.15, 0.2) is 0 Å². The monoisotopic (exact) mass is 1070 g/mol. The second-order valence-corrected chi connectivity index (χ2v) is 24.3. The fraction of sp³-hybridized carbons (Fsp3) is 0.903. The Labute approximate surface area is 478 Å². The summed E-state index contributed by atoms with van der Waals surface area (Å²) in [5.41, 5.74) is 0. The lowest BCUT2D eigenvalue weighted by atomic mass is 10.0. The highest BCUT2D eigenvalue weighted by atomic mass is 16.3. The summed E-state index contributed by atoms with van der Waals surface area (Å²) in [4.78, 5) is 12.6.